The summed E-state index contributed by atoms with van der Waals surface area (Å²) in [6.45, 7) is 7.72. The molecule has 6 nitrogen and oxygen atoms in total. The normalized spacial score (nSPS) is 17.0. The number of hydrogen-bond donors (Lipinski definition) is 1. The van der Waals surface area contributed by atoms with Gasteiger partial charge in [0.25, 0.3) is 5.91 Å². The Morgan fingerprint density at radius 2 is 1.77 bits per heavy atom. The molecule has 3 rings (SSSR count). The largest absolute Gasteiger partial charge is 0.455 e. The van der Waals surface area contributed by atoms with Crippen LogP contribution in [-0.4, -0.2) is 35.8 Å². The van der Waals surface area contributed by atoms with E-state index in [0.717, 1.165) is 27.9 Å². The van der Waals surface area contributed by atoms with Crippen LogP contribution in [-0.2, 0) is 19.1 Å². The molecule has 0 saturated carbocycles. The van der Waals surface area contributed by atoms with Crippen LogP contribution in [0, 0.1) is 26.7 Å². The summed E-state index contributed by atoms with van der Waals surface area (Å²) in [5.41, 5.74) is 4.79. The molecule has 1 fully saturated rings. The fraction of sp³-hybridized carbons (Fsp3) is 0.375. The molecule has 2 aromatic carbocycles. The van der Waals surface area contributed by atoms with Gasteiger partial charge in [-0.25, -0.2) is 0 Å². The number of rotatable bonds is 6. The van der Waals surface area contributed by atoms with Crippen LogP contribution in [0.25, 0.3) is 0 Å². The predicted octanol–water partition coefficient (Wildman–Crippen LogP) is 3.70. The summed E-state index contributed by atoms with van der Waals surface area (Å²) in [6, 6.07) is 13.6. The number of aryl methyl sites for hydroxylation is 3. The van der Waals surface area contributed by atoms with Crippen molar-refractivity contribution in [3.63, 3.8) is 0 Å². The van der Waals surface area contributed by atoms with Crippen molar-refractivity contribution < 1.29 is 19.1 Å². The lowest BCUT2D eigenvalue weighted by Gasteiger charge is -2.25. The molecule has 1 N–H and O–H groups in total. The second-order valence-electron chi connectivity index (χ2n) is 7.96. The highest BCUT2D eigenvalue weighted by Crippen LogP contribution is 2.29. The molecule has 0 aliphatic carbocycles. The maximum atomic E-state index is 12.4. The van der Waals surface area contributed by atoms with Crippen molar-refractivity contribution in [1.29, 1.82) is 0 Å². The van der Waals surface area contributed by atoms with Crippen LogP contribution < -0.4 is 5.32 Å². The van der Waals surface area contributed by atoms with Crippen LogP contribution in [0.4, 0.5) is 5.69 Å². The molecule has 0 aromatic heterocycles. The molecular weight excluding hydrogens is 380 g/mol. The second kappa shape index (κ2) is 9.11. The quantitative estimate of drug-likeness (QED) is 0.740. The van der Waals surface area contributed by atoms with Crippen molar-refractivity contribution in [2.24, 2.45) is 5.92 Å². The zero-order chi connectivity index (χ0) is 21.8. The molecule has 0 spiro atoms. The van der Waals surface area contributed by atoms with Gasteiger partial charge in [0.05, 0.1) is 12.0 Å². The van der Waals surface area contributed by atoms with Gasteiger partial charge in [-0.1, -0.05) is 48.0 Å². The smallest absolute Gasteiger partial charge is 0.311 e. The monoisotopic (exact) mass is 408 g/mol. The van der Waals surface area contributed by atoms with Gasteiger partial charge in [0.2, 0.25) is 5.91 Å². The van der Waals surface area contributed by atoms with Crippen molar-refractivity contribution in [3.05, 3.63) is 64.7 Å². The number of hydrogen-bond acceptors (Lipinski definition) is 4. The first-order valence-electron chi connectivity index (χ1n) is 10.1. The van der Waals surface area contributed by atoms with E-state index in [9.17, 15) is 14.4 Å². The molecule has 1 aliphatic rings. The van der Waals surface area contributed by atoms with E-state index in [1.54, 1.807) is 4.90 Å². The summed E-state index contributed by atoms with van der Waals surface area (Å²) in [5.74, 6) is -1.54. The Kier molecular flexibility index (Phi) is 6.55. The average Bonchev–Trinajstić information content (AvgIpc) is 3.10. The van der Waals surface area contributed by atoms with Crippen LogP contribution in [0.5, 0.6) is 0 Å². The minimum absolute atomic E-state index is 0.0799. The number of carbonyl (C=O) groups is 3. The predicted molar refractivity (Wildman–Crippen MR) is 115 cm³/mol. The number of esters is 1. The van der Waals surface area contributed by atoms with Gasteiger partial charge in [-0.15, -0.1) is 0 Å². The summed E-state index contributed by atoms with van der Waals surface area (Å²) in [6.07, 6.45) is 0.105. The molecule has 2 atom stereocenters. The fourth-order valence-corrected chi connectivity index (χ4v) is 3.98. The summed E-state index contributed by atoms with van der Waals surface area (Å²) in [4.78, 5) is 38.8. The SMILES string of the molecule is Cc1cc(C)c(NC(=O)COC(=O)[C@H]2CC(=O)N([C@H](C)c3ccccc3)C2)c(C)c1. The molecule has 0 radical (unpaired) electrons. The summed E-state index contributed by atoms with van der Waals surface area (Å²) in [7, 11) is 0. The first kappa shape index (κ1) is 21.6. The molecule has 1 aliphatic heterocycles. The van der Waals surface area contributed by atoms with E-state index in [1.165, 1.54) is 0 Å². The van der Waals surface area contributed by atoms with Crippen LogP contribution in [0.1, 0.15) is 41.6 Å². The van der Waals surface area contributed by atoms with Gasteiger partial charge in [-0.2, -0.15) is 0 Å². The zero-order valence-corrected chi connectivity index (χ0v) is 17.9. The third kappa shape index (κ3) is 4.87. The molecule has 158 valence electrons. The Balaban J connectivity index is 1.54. The Hall–Kier alpha value is -3.15. The molecule has 2 amide bonds. The van der Waals surface area contributed by atoms with Crippen LogP contribution in [0.15, 0.2) is 42.5 Å². The number of carbonyl (C=O) groups excluding carboxylic acids is 3. The number of amides is 2. The van der Waals surface area contributed by atoms with Crippen molar-refractivity contribution in [2.45, 2.75) is 40.2 Å². The molecule has 6 heteroatoms. The fourth-order valence-electron chi connectivity index (χ4n) is 3.98. The van der Waals surface area contributed by atoms with Crippen LogP contribution in [0.3, 0.4) is 0 Å². The Labute approximate surface area is 177 Å². The summed E-state index contributed by atoms with van der Waals surface area (Å²) < 4.78 is 5.22. The topological polar surface area (TPSA) is 75.7 Å². The van der Waals surface area contributed by atoms with Crippen molar-refractivity contribution >= 4 is 23.5 Å². The number of likely N-dealkylation sites (tertiary alicyclic amines) is 1. The van der Waals surface area contributed by atoms with Crippen molar-refractivity contribution in [1.82, 2.24) is 4.90 Å². The van der Waals surface area contributed by atoms with Gasteiger partial charge in [-0.3, -0.25) is 14.4 Å². The third-order valence-electron chi connectivity index (χ3n) is 5.53. The van der Waals surface area contributed by atoms with E-state index in [1.807, 2.05) is 70.2 Å². The molecule has 0 bridgehead atoms. The number of ether oxygens (including phenoxy) is 1. The minimum Gasteiger partial charge on any atom is -0.455 e. The summed E-state index contributed by atoms with van der Waals surface area (Å²) in [5, 5.41) is 2.82. The van der Waals surface area contributed by atoms with Crippen LogP contribution >= 0.6 is 0 Å². The van der Waals surface area contributed by atoms with E-state index in [0.29, 0.717) is 6.54 Å². The third-order valence-corrected chi connectivity index (χ3v) is 5.53. The van der Waals surface area contributed by atoms with Gasteiger partial charge in [0.15, 0.2) is 6.61 Å². The summed E-state index contributed by atoms with van der Waals surface area (Å²) >= 11 is 0. The Morgan fingerprint density at radius 3 is 2.40 bits per heavy atom. The van der Waals surface area contributed by atoms with Gasteiger partial charge < -0.3 is 15.0 Å². The number of anilines is 1. The highest BCUT2D eigenvalue weighted by Gasteiger charge is 2.38. The average molecular weight is 408 g/mol. The molecule has 0 unspecified atom stereocenters. The molecule has 1 heterocycles. The van der Waals surface area contributed by atoms with Crippen LogP contribution in [0.2, 0.25) is 0 Å². The van der Waals surface area contributed by atoms with E-state index < -0.39 is 17.8 Å². The molecule has 30 heavy (non-hydrogen) atoms. The lowest BCUT2D eigenvalue weighted by molar-refractivity contribution is -0.151. The van der Waals surface area contributed by atoms with E-state index >= 15 is 0 Å². The number of nitrogens with one attached hydrogen (secondary N) is 1. The molecular formula is C24H28N2O4. The lowest BCUT2D eigenvalue weighted by Crippen LogP contribution is -2.30. The minimum atomic E-state index is -0.556. The lowest BCUT2D eigenvalue weighted by atomic mass is 10.1. The van der Waals surface area contributed by atoms with E-state index in [2.05, 4.69) is 5.32 Å². The van der Waals surface area contributed by atoms with Crippen molar-refractivity contribution in [2.75, 3.05) is 18.5 Å². The first-order chi connectivity index (χ1) is 14.3. The maximum Gasteiger partial charge on any atom is 0.311 e. The highest BCUT2D eigenvalue weighted by atomic mass is 16.5. The van der Waals surface area contributed by atoms with Gasteiger partial charge >= 0.3 is 5.97 Å². The first-order valence-corrected chi connectivity index (χ1v) is 10.1. The molecule has 2 aromatic rings. The van der Waals surface area contributed by atoms with Gasteiger partial charge in [0, 0.05) is 18.7 Å². The number of nitrogens with zero attached hydrogens (tertiary/aromatic N) is 1. The Bertz CT molecular complexity index is 932. The second-order valence-corrected chi connectivity index (χ2v) is 7.96. The highest BCUT2D eigenvalue weighted by molar-refractivity contribution is 5.95. The zero-order valence-electron chi connectivity index (χ0n) is 17.9. The maximum absolute atomic E-state index is 12.4. The number of benzene rings is 2. The van der Waals surface area contributed by atoms with Gasteiger partial charge in [0.1, 0.15) is 0 Å². The van der Waals surface area contributed by atoms with E-state index in [4.69, 9.17) is 4.74 Å². The van der Waals surface area contributed by atoms with Gasteiger partial charge in [-0.05, 0) is 44.4 Å². The molecule has 1 saturated heterocycles. The van der Waals surface area contributed by atoms with E-state index in [-0.39, 0.29) is 25.0 Å². The van der Waals surface area contributed by atoms with Crippen molar-refractivity contribution in [3.8, 4) is 0 Å². The Morgan fingerprint density at radius 1 is 1.13 bits per heavy atom. The standard InChI is InChI=1S/C24H28N2O4/c1-15-10-16(2)23(17(3)11-15)25-21(27)14-30-24(29)20-12-22(28)26(13-20)18(4)19-8-6-5-7-9-19/h5-11,18,20H,12-14H2,1-4H3,(H,25,27)/t18-,20+/m1/s1.